The third kappa shape index (κ3) is 2.77. The lowest BCUT2D eigenvalue weighted by Gasteiger charge is -2.20. The van der Waals surface area contributed by atoms with Crippen molar-refractivity contribution < 1.29 is 9.47 Å². The quantitative estimate of drug-likeness (QED) is 0.825. The van der Waals surface area contributed by atoms with E-state index in [1.54, 1.807) is 18.2 Å². The first-order valence-corrected chi connectivity index (χ1v) is 7.53. The van der Waals surface area contributed by atoms with Crippen LogP contribution in [-0.2, 0) is 0 Å². The van der Waals surface area contributed by atoms with Crippen LogP contribution in [0.15, 0.2) is 40.1 Å². The number of anilines is 1. The van der Waals surface area contributed by atoms with Gasteiger partial charge in [-0.1, -0.05) is 35.0 Å². The average molecular weight is 328 g/mol. The van der Waals surface area contributed by atoms with Gasteiger partial charge in [-0.3, -0.25) is 0 Å². The fraction of sp³-hybridized carbons (Fsp3) is 0.143. The molecular weight excluding hydrogens is 317 g/mol. The van der Waals surface area contributed by atoms with Gasteiger partial charge in [0.05, 0.1) is 5.02 Å². The molecule has 0 fully saturated rings. The van der Waals surface area contributed by atoms with E-state index >= 15 is 0 Å². The van der Waals surface area contributed by atoms with Gasteiger partial charge >= 0.3 is 0 Å². The summed E-state index contributed by atoms with van der Waals surface area (Å²) in [6.45, 7) is 1.08. The summed E-state index contributed by atoms with van der Waals surface area (Å²) in [5.74, 6) is 1.38. The largest absolute Gasteiger partial charge is 0.486 e. The normalized spacial score (nSPS) is 13.3. The molecule has 0 atom stereocenters. The number of halogens is 2. The van der Waals surface area contributed by atoms with Gasteiger partial charge in [-0.25, -0.2) is 0 Å². The lowest BCUT2D eigenvalue weighted by Crippen LogP contribution is -2.15. The Morgan fingerprint density at radius 1 is 0.950 bits per heavy atom. The Balaban J connectivity index is 1.96. The third-order valence-corrected chi connectivity index (χ3v) is 4.60. The highest BCUT2D eigenvalue weighted by Gasteiger charge is 2.16. The fourth-order valence-corrected chi connectivity index (χ4v) is 3.25. The van der Waals surface area contributed by atoms with Gasteiger partial charge in [0.2, 0.25) is 0 Å². The highest BCUT2D eigenvalue weighted by atomic mass is 35.5. The lowest BCUT2D eigenvalue weighted by atomic mass is 10.2. The summed E-state index contributed by atoms with van der Waals surface area (Å²) in [6, 6.07) is 8.97. The summed E-state index contributed by atoms with van der Waals surface area (Å²) >= 11 is 13.6. The van der Waals surface area contributed by atoms with Crippen molar-refractivity contribution in [2.75, 3.05) is 18.9 Å². The first-order chi connectivity index (χ1) is 9.63. The van der Waals surface area contributed by atoms with E-state index < -0.39 is 0 Å². The van der Waals surface area contributed by atoms with Crippen molar-refractivity contribution in [3.05, 3.63) is 40.4 Å². The van der Waals surface area contributed by atoms with Crippen molar-refractivity contribution in [2.45, 2.75) is 9.79 Å². The first-order valence-electron chi connectivity index (χ1n) is 5.95. The number of rotatable bonds is 2. The molecule has 1 aliphatic rings. The maximum Gasteiger partial charge on any atom is 0.163 e. The zero-order valence-electron chi connectivity index (χ0n) is 10.4. The molecule has 0 amide bonds. The number of hydrogen-bond donors (Lipinski definition) is 1. The first kappa shape index (κ1) is 13.7. The minimum absolute atomic E-state index is 0.541. The van der Waals surface area contributed by atoms with Gasteiger partial charge in [-0.15, -0.1) is 0 Å². The molecule has 1 heterocycles. The molecule has 2 aromatic rings. The van der Waals surface area contributed by atoms with Crippen LogP contribution in [0, 0.1) is 0 Å². The topological polar surface area (TPSA) is 44.5 Å². The fourth-order valence-electron chi connectivity index (χ4n) is 1.85. The molecule has 0 spiro atoms. The van der Waals surface area contributed by atoms with E-state index in [4.69, 9.17) is 38.4 Å². The molecule has 0 saturated heterocycles. The number of nitrogen functional groups attached to an aromatic ring is 1. The van der Waals surface area contributed by atoms with E-state index in [-0.39, 0.29) is 0 Å². The summed E-state index contributed by atoms with van der Waals surface area (Å²) in [6.07, 6.45) is 0. The lowest BCUT2D eigenvalue weighted by molar-refractivity contribution is 0.171. The number of benzene rings is 2. The SMILES string of the molecule is Nc1cc2c(cc1Sc1cc(Cl)ccc1Cl)OCCO2. The molecule has 0 saturated carbocycles. The number of ether oxygens (including phenoxy) is 2. The standard InChI is InChI=1S/C14H11Cl2NO2S/c15-8-1-2-9(16)13(5-8)20-14-7-12-11(6-10(14)17)18-3-4-19-12/h1-2,5-7H,3-4,17H2. The van der Waals surface area contributed by atoms with Crippen molar-refractivity contribution in [2.24, 2.45) is 0 Å². The van der Waals surface area contributed by atoms with Gasteiger partial charge in [-0.05, 0) is 18.2 Å². The molecule has 2 N–H and O–H groups in total. The van der Waals surface area contributed by atoms with E-state index in [0.29, 0.717) is 40.4 Å². The average Bonchev–Trinajstić information content (AvgIpc) is 2.43. The van der Waals surface area contributed by atoms with Crippen molar-refractivity contribution in [3.63, 3.8) is 0 Å². The van der Waals surface area contributed by atoms with Crippen molar-refractivity contribution in [1.29, 1.82) is 0 Å². The predicted octanol–water partition coefficient (Wildman–Crippen LogP) is 4.50. The van der Waals surface area contributed by atoms with Crippen LogP contribution in [0.25, 0.3) is 0 Å². The maximum atomic E-state index is 6.17. The van der Waals surface area contributed by atoms with E-state index in [1.165, 1.54) is 11.8 Å². The summed E-state index contributed by atoms with van der Waals surface area (Å²) in [5, 5.41) is 1.27. The minimum Gasteiger partial charge on any atom is -0.486 e. The third-order valence-electron chi connectivity index (χ3n) is 2.79. The Hall–Kier alpha value is -1.23. The highest BCUT2D eigenvalue weighted by Crippen LogP contribution is 2.43. The van der Waals surface area contributed by atoms with Gasteiger partial charge in [0.15, 0.2) is 11.5 Å². The minimum atomic E-state index is 0.541. The Labute approximate surface area is 131 Å². The monoisotopic (exact) mass is 327 g/mol. The van der Waals surface area contributed by atoms with Gasteiger partial charge in [0, 0.05) is 32.6 Å². The van der Waals surface area contributed by atoms with Crippen LogP contribution in [0.1, 0.15) is 0 Å². The van der Waals surface area contributed by atoms with Gasteiger partial charge < -0.3 is 15.2 Å². The second kappa shape index (κ2) is 5.64. The Morgan fingerprint density at radius 2 is 1.65 bits per heavy atom. The van der Waals surface area contributed by atoms with E-state index in [1.807, 2.05) is 12.1 Å². The highest BCUT2D eigenvalue weighted by molar-refractivity contribution is 7.99. The Morgan fingerprint density at radius 3 is 2.40 bits per heavy atom. The summed E-state index contributed by atoms with van der Waals surface area (Å²) in [4.78, 5) is 1.71. The molecule has 0 bridgehead atoms. The molecule has 0 aromatic heterocycles. The molecule has 104 valence electrons. The van der Waals surface area contributed by atoms with Crippen LogP contribution in [0.4, 0.5) is 5.69 Å². The number of nitrogens with two attached hydrogens (primary N) is 1. The maximum absolute atomic E-state index is 6.17. The van der Waals surface area contributed by atoms with Crippen LogP contribution in [-0.4, -0.2) is 13.2 Å². The zero-order valence-corrected chi connectivity index (χ0v) is 12.7. The Bertz CT molecular complexity index is 664. The van der Waals surface area contributed by atoms with Crippen LogP contribution in [0.2, 0.25) is 10.0 Å². The molecule has 6 heteroatoms. The van der Waals surface area contributed by atoms with E-state index in [2.05, 4.69) is 0 Å². The summed E-state index contributed by atoms with van der Waals surface area (Å²) in [7, 11) is 0. The van der Waals surface area contributed by atoms with Crippen molar-refractivity contribution in [3.8, 4) is 11.5 Å². The van der Waals surface area contributed by atoms with Crippen LogP contribution < -0.4 is 15.2 Å². The summed E-state index contributed by atoms with van der Waals surface area (Å²) in [5.41, 5.74) is 6.67. The van der Waals surface area contributed by atoms with Gasteiger partial charge in [-0.2, -0.15) is 0 Å². The molecule has 1 aliphatic heterocycles. The van der Waals surface area contributed by atoms with Crippen LogP contribution >= 0.6 is 35.0 Å². The Kier molecular flexibility index (Phi) is 3.87. The van der Waals surface area contributed by atoms with Crippen molar-refractivity contribution >= 4 is 40.7 Å². The number of hydrogen-bond acceptors (Lipinski definition) is 4. The summed E-state index contributed by atoms with van der Waals surface area (Å²) < 4.78 is 11.0. The second-order valence-electron chi connectivity index (χ2n) is 4.21. The smallest absolute Gasteiger partial charge is 0.163 e. The molecule has 2 aromatic carbocycles. The molecule has 0 radical (unpaired) electrons. The number of fused-ring (bicyclic) bond motifs is 1. The van der Waals surface area contributed by atoms with E-state index in [0.717, 1.165) is 9.79 Å². The second-order valence-corrected chi connectivity index (χ2v) is 6.14. The predicted molar refractivity (Wildman–Crippen MR) is 82.4 cm³/mol. The molecule has 3 rings (SSSR count). The van der Waals surface area contributed by atoms with Gasteiger partial charge in [0.1, 0.15) is 13.2 Å². The molecule has 3 nitrogen and oxygen atoms in total. The molecule has 0 aliphatic carbocycles. The van der Waals surface area contributed by atoms with Crippen LogP contribution in [0.5, 0.6) is 11.5 Å². The zero-order chi connectivity index (χ0) is 14.1. The van der Waals surface area contributed by atoms with Crippen molar-refractivity contribution in [1.82, 2.24) is 0 Å². The molecular formula is C14H11Cl2NO2S. The van der Waals surface area contributed by atoms with E-state index in [9.17, 15) is 0 Å². The van der Waals surface area contributed by atoms with Crippen LogP contribution in [0.3, 0.4) is 0 Å². The van der Waals surface area contributed by atoms with Gasteiger partial charge in [0.25, 0.3) is 0 Å². The molecule has 0 unspecified atom stereocenters. The molecule has 20 heavy (non-hydrogen) atoms.